The average molecular weight is 419 g/mol. The molecule has 2 aromatic rings. The van der Waals surface area contributed by atoms with Crippen LogP contribution in [0.4, 0.5) is 5.69 Å². The molecule has 10 heteroatoms. The fraction of sp³-hybridized carbons (Fsp3) is 0.111. The predicted octanol–water partition coefficient (Wildman–Crippen LogP) is 1.16. The van der Waals surface area contributed by atoms with Gasteiger partial charge >= 0.3 is 0 Å². The molecule has 0 saturated heterocycles. The second-order valence-corrected chi connectivity index (χ2v) is 9.09. The summed E-state index contributed by atoms with van der Waals surface area (Å²) < 4.78 is 35.5. The Labute approximate surface area is 165 Å². The maximum atomic E-state index is 12.5. The van der Waals surface area contributed by atoms with E-state index in [1.807, 2.05) is 19.1 Å². The van der Waals surface area contributed by atoms with Crippen LogP contribution in [0, 0.1) is 0 Å². The molecule has 4 N–H and O–H groups in total. The van der Waals surface area contributed by atoms with E-state index in [0.717, 1.165) is 11.8 Å². The SMILES string of the molecule is CC1=C(N(/N=C/C(N)=O)c2ccc(S(N)(=O)=O)cc2)c2ccccc2S(=O)C1. The van der Waals surface area contributed by atoms with Gasteiger partial charge in [0, 0.05) is 10.5 Å². The molecule has 28 heavy (non-hydrogen) atoms. The second kappa shape index (κ2) is 7.66. The largest absolute Gasteiger partial charge is 0.365 e. The average Bonchev–Trinajstić information content (AvgIpc) is 2.63. The van der Waals surface area contributed by atoms with Crippen LogP contribution in [0.15, 0.2) is 69.0 Å². The Bertz CT molecular complexity index is 1120. The van der Waals surface area contributed by atoms with Crippen molar-refractivity contribution in [1.82, 2.24) is 0 Å². The van der Waals surface area contributed by atoms with Crippen molar-refractivity contribution in [3.63, 3.8) is 0 Å². The topological polar surface area (TPSA) is 136 Å². The Morgan fingerprint density at radius 1 is 1.18 bits per heavy atom. The summed E-state index contributed by atoms with van der Waals surface area (Å²) in [6.07, 6.45) is 0.960. The van der Waals surface area contributed by atoms with Crippen molar-refractivity contribution in [2.24, 2.45) is 16.0 Å². The molecule has 0 saturated carbocycles. The molecule has 0 radical (unpaired) electrons. The third-order valence-corrected chi connectivity index (χ3v) is 6.53. The van der Waals surface area contributed by atoms with Gasteiger partial charge in [0.2, 0.25) is 10.0 Å². The van der Waals surface area contributed by atoms with E-state index >= 15 is 0 Å². The molecule has 3 rings (SSSR count). The van der Waals surface area contributed by atoms with Crippen LogP contribution in [0.5, 0.6) is 0 Å². The lowest BCUT2D eigenvalue weighted by atomic mass is 10.1. The van der Waals surface area contributed by atoms with Crippen LogP contribution in [-0.4, -0.2) is 30.5 Å². The number of fused-ring (bicyclic) bond motifs is 1. The Morgan fingerprint density at radius 2 is 1.82 bits per heavy atom. The number of benzene rings is 2. The number of amides is 1. The van der Waals surface area contributed by atoms with Crippen molar-refractivity contribution in [2.75, 3.05) is 10.8 Å². The number of carbonyl (C=O) groups is 1. The summed E-state index contributed by atoms with van der Waals surface area (Å²) in [5, 5.41) is 10.8. The maximum absolute atomic E-state index is 12.5. The molecule has 8 nitrogen and oxygen atoms in total. The van der Waals surface area contributed by atoms with Crippen molar-refractivity contribution in [1.29, 1.82) is 0 Å². The van der Waals surface area contributed by atoms with Crippen molar-refractivity contribution in [3.05, 3.63) is 59.7 Å². The van der Waals surface area contributed by atoms with E-state index in [2.05, 4.69) is 5.10 Å². The number of hydrogen-bond donors (Lipinski definition) is 2. The lowest BCUT2D eigenvalue weighted by molar-refractivity contribution is -0.111. The molecule has 1 heterocycles. The van der Waals surface area contributed by atoms with Crippen molar-refractivity contribution in [3.8, 4) is 0 Å². The zero-order chi connectivity index (χ0) is 20.5. The number of hydrazone groups is 1. The number of primary sulfonamides is 1. The van der Waals surface area contributed by atoms with Crippen LogP contribution in [0.2, 0.25) is 0 Å². The van der Waals surface area contributed by atoms with Crippen molar-refractivity contribution in [2.45, 2.75) is 16.7 Å². The molecule has 2 aromatic carbocycles. The minimum Gasteiger partial charge on any atom is -0.365 e. The number of anilines is 1. The highest BCUT2D eigenvalue weighted by atomic mass is 32.2. The lowest BCUT2D eigenvalue weighted by Crippen LogP contribution is -2.24. The first-order valence-corrected chi connectivity index (χ1v) is 11.0. The number of nitrogens with zero attached hydrogens (tertiary/aromatic N) is 2. The summed E-state index contributed by atoms with van der Waals surface area (Å²) in [6.45, 7) is 1.83. The number of rotatable bonds is 5. The van der Waals surface area contributed by atoms with Gasteiger partial charge in [0.25, 0.3) is 5.91 Å². The van der Waals surface area contributed by atoms with Gasteiger partial charge in [-0.15, -0.1) is 0 Å². The standard InChI is InChI=1S/C18H18N4O4S2/c1-12-11-27(24)16-5-3-2-4-15(16)18(12)22(21-10-17(19)23)13-6-8-14(9-7-13)28(20,25)26/h2-10H,11H2,1H3,(H2,19,23)(H2,20,25,26)/b21-10+. The van der Waals surface area contributed by atoms with Crippen molar-refractivity contribution < 1.29 is 17.4 Å². The molecule has 0 bridgehead atoms. The summed E-state index contributed by atoms with van der Waals surface area (Å²) in [5.41, 5.74) is 7.85. The van der Waals surface area contributed by atoms with E-state index in [0.29, 0.717) is 27.6 Å². The fourth-order valence-corrected chi connectivity index (χ4v) is 4.71. The molecular weight excluding hydrogens is 400 g/mol. The van der Waals surface area contributed by atoms with Gasteiger partial charge < -0.3 is 5.73 Å². The minimum atomic E-state index is -3.85. The van der Waals surface area contributed by atoms with E-state index in [-0.39, 0.29) is 4.90 Å². The van der Waals surface area contributed by atoms with Gasteiger partial charge in [-0.2, -0.15) is 5.10 Å². The number of hydrogen-bond acceptors (Lipinski definition) is 6. The summed E-state index contributed by atoms with van der Waals surface area (Å²) in [4.78, 5) is 11.9. The normalized spacial score (nSPS) is 16.9. The summed E-state index contributed by atoms with van der Waals surface area (Å²) >= 11 is 0. The highest BCUT2D eigenvalue weighted by Crippen LogP contribution is 2.36. The van der Waals surface area contributed by atoms with Gasteiger partial charge in [0.1, 0.15) is 6.21 Å². The van der Waals surface area contributed by atoms with Gasteiger partial charge in [-0.05, 0) is 42.8 Å². The fourth-order valence-electron chi connectivity index (χ4n) is 2.87. The zero-order valence-corrected chi connectivity index (χ0v) is 16.5. The Hall–Kier alpha value is -2.82. The molecule has 1 aliphatic heterocycles. The van der Waals surface area contributed by atoms with Crippen LogP contribution in [-0.2, 0) is 25.6 Å². The molecular formula is C18H18N4O4S2. The first kappa shape index (κ1) is 19.9. The molecule has 1 atom stereocenters. The molecule has 0 fully saturated rings. The van der Waals surface area contributed by atoms with Gasteiger partial charge in [-0.25, -0.2) is 18.6 Å². The first-order valence-electron chi connectivity index (χ1n) is 8.12. The smallest absolute Gasteiger partial charge is 0.261 e. The van der Waals surface area contributed by atoms with Crippen LogP contribution < -0.4 is 15.9 Å². The Balaban J connectivity index is 2.17. The molecule has 0 aliphatic carbocycles. The van der Waals surface area contributed by atoms with Crippen LogP contribution >= 0.6 is 0 Å². The summed E-state index contributed by atoms with van der Waals surface area (Å²) in [5.74, 6) is -0.429. The predicted molar refractivity (Wildman–Crippen MR) is 108 cm³/mol. The lowest BCUT2D eigenvalue weighted by Gasteiger charge is -2.29. The Morgan fingerprint density at radius 3 is 2.43 bits per heavy atom. The third kappa shape index (κ3) is 4.03. The van der Waals surface area contributed by atoms with Crippen molar-refractivity contribution >= 4 is 44.3 Å². The van der Waals surface area contributed by atoms with E-state index in [1.54, 1.807) is 12.1 Å². The van der Waals surface area contributed by atoms with Crippen LogP contribution in [0.3, 0.4) is 0 Å². The molecule has 146 valence electrons. The summed E-state index contributed by atoms with van der Waals surface area (Å²) in [7, 11) is -5.04. The summed E-state index contributed by atoms with van der Waals surface area (Å²) in [6, 6.07) is 12.9. The highest BCUT2D eigenvalue weighted by molar-refractivity contribution is 7.89. The van der Waals surface area contributed by atoms with Gasteiger partial charge in [-0.3, -0.25) is 9.00 Å². The molecule has 0 aromatic heterocycles. The number of sulfonamides is 1. The van der Waals surface area contributed by atoms with E-state index in [1.165, 1.54) is 29.3 Å². The van der Waals surface area contributed by atoms with E-state index in [9.17, 15) is 17.4 Å². The highest BCUT2D eigenvalue weighted by Gasteiger charge is 2.26. The van der Waals surface area contributed by atoms with Gasteiger partial charge in [0.05, 0.1) is 32.8 Å². The van der Waals surface area contributed by atoms with E-state index in [4.69, 9.17) is 10.9 Å². The molecule has 0 spiro atoms. The first-order chi connectivity index (χ1) is 13.2. The number of primary amides is 1. The quantitative estimate of drug-likeness (QED) is 0.555. The van der Waals surface area contributed by atoms with Crippen LogP contribution in [0.25, 0.3) is 5.70 Å². The van der Waals surface area contributed by atoms with Crippen LogP contribution in [0.1, 0.15) is 12.5 Å². The molecule has 1 aliphatic rings. The minimum absolute atomic E-state index is 0.0501. The third-order valence-electron chi connectivity index (χ3n) is 4.06. The van der Waals surface area contributed by atoms with Gasteiger partial charge in [0.15, 0.2) is 0 Å². The van der Waals surface area contributed by atoms with E-state index < -0.39 is 26.7 Å². The number of carbonyl (C=O) groups excluding carboxylic acids is 1. The van der Waals surface area contributed by atoms with Gasteiger partial charge in [-0.1, -0.05) is 18.2 Å². The maximum Gasteiger partial charge on any atom is 0.261 e. The second-order valence-electron chi connectivity index (χ2n) is 6.11. The number of nitrogens with two attached hydrogens (primary N) is 2. The molecule has 1 unspecified atom stereocenters. The Kier molecular flexibility index (Phi) is 5.45. The zero-order valence-electron chi connectivity index (χ0n) is 14.9. The molecule has 1 amide bonds. The monoisotopic (exact) mass is 418 g/mol.